The highest BCUT2D eigenvalue weighted by Gasteiger charge is 2.65. The lowest BCUT2D eigenvalue weighted by Gasteiger charge is -2.60. The van der Waals surface area contributed by atoms with E-state index >= 15 is 0 Å². The van der Waals surface area contributed by atoms with Crippen molar-refractivity contribution in [1.82, 2.24) is 0 Å². The van der Waals surface area contributed by atoms with Crippen molar-refractivity contribution in [2.45, 2.75) is 90.8 Å². The lowest BCUT2D eigenvalue weighted by molar-refractivity contribution is -0.129. The van der Waals surface area contributed by atoms with Gasteiger partial charge in [-0.1, -0.05) is 27.2 Å². The predicted molar refractivity (Wildman–Crippen MR) is 91.8 cm³/mol. The number of alkyl halides is 1. The van der Waals surface area contributed by atoms with Gasteiger partial charge in [0.05, 0.1) is 6.10 Å². The molecule has 0 aliphatic heterocycles. The Morgan fingerprint density at radius 2 is 1.61 bits per heavy atom. The molecule has 0 aromatic rings. The molecule has 0 amide bonds. The van der Waals surface area contributed by atoms with Crippen molar-refractivity contribution in [3.63, 3.8) is 0 Å². The molecular weight excluding hydrogens is 287 g/mol. The molecular formula is C21H35FO. The van der Waals surface area contributed by atoms with Gasteiger partial charge in [0.15, 0.2) is 0 Å². The van der Waals surface area contributed by atoms with Crippen LogP contribution in [-0.4, -0.2) is 16.9 Å². The van der Waals surface area contributed by atoms with Gasteiger partial charge in [0.25, 0.3) is 0 Å². The Bertz CT molecular complexity index is 488. The van der Waals surface area contributed by atoms with Crippen molar-refractivity contribution in [3.05, 3.63) is 0 Å². The number of hydrogen-bond acceptors (Lipinski definition) is 1. The van der Waals surface area contributed by atoms with Crippen molar-refractivity contribution in [2.75, 3.05) is 0 Å². The van der Waals surface area contributed by atoms with Crippen LogP contribution in [-0.2, 0) is 0 Å². The largest absolute Gasteiger partial charge is 0.389 e. The third-order valence-electron chi connectivity index (χ3n) is 9.18. The van der Waals surface area contributed by atoms with E-state index in [-0.39, 0.29) is 5.41 Å². The number of rotatable bonds is 0. The van der Waals surface area contributed by atoms with Crippen LogP contribution < -0.4 is 0 Å². The minimum Gasteiger partial charge on any atom is -0.389 e. The molecule has 9 atom stereocenters. The van der Waals surface area contributed by atoms with Gasteiger partial charge in [0.1, 0.15) is 5.67 Å². The predicted octanol–water partition coefficient (Wildman–Crippen LogP) is 5.36. The molecule has 0 bridgehead atoms. The van der Waals surface area contributed by atoms with Crippen LogP contribution in [0.25, 0.3) is 0 Å². The second-order valence-electron chi connectivity index (χ2n) is 10.5. The molecule has 0 spiro atoms. The molecule has 1 nitrogen and oxygen atoms in total. The van der Waals surface area contributed by atoms with Gasteiger partial charge in [-0.3, -0.25) is 0 Å². The second-order valence-corrected chi connectivity index (χ2v) is 10.5. The van der Waals surface area contributed by atoms with Gasteiger partial charge in [-0.2, -0.15) is 0 Å². The Labute approximate surface area is 141 Å². The zero-order chi connectivity index (χ0) is 16.6. The first kappa shape index (κ1) is 16.4. The van der Waals surface area contributed by atoms with Gasteiger partial charge in [-0.05, 0) is 92.3 Å². The number of halogens is 1. The summed E-state index contributed by atoms with van der Waals surface area (Å²) in [5.41, 5.74) is -1.08. The number of hydrogen-bond donors (Lipinski definition) is 1. The molecule has 0 aromatic heterocycles. The van der Waals surface area contributed by atoms with E-state index in [1.165, 1.54) is 38.5 Å². The standard InChI is InChI=1S/C21H35FO/c1-13-7-9-19(2)14(11-13)5-6-15-16(19)8-10-20(3)17(15)12-21(4,22)18(20)23/h13-18,23H,5-12H2,1-4H3/t13?,14?,15-,16-,17+,18?,19+,20+,21?/m1/s1. The molecule has 0 saturated heterocycles. The zero-order valence-corrected chi connectivity index (χ0v) is 15.4. The third-order valence-corrected chi connectivity index (χ3v) is 9.18. The lowest BCUT2D eigenvalue weighted by atomic mass is 9.44. The van der Waals surface area contributed by atoms with Crippen molar-refractivity contribution >= 4 is 0 Å². The molecule has 4 aliphatic carbocycles. The summed E-state index contributed by atoms with van der Waals surface area (Å²) in [7, 11) is 0. The summed E-state index contributed by atoms with van der Waals surface area (Å²) in [6, 6.07) is 0. The molecule has 132 valence electrons. The van der Waals surface area contributed by atoms with Crippen molar-refractivity contribution in [3.8, 4) is 0 Å². The first-order valence-corrected chi connectivity index (χ1v) is 10.1. The van der Waals surface area contributed by atoms with Gasteiger partial charge in [0, 0.05) is 0 Å². The normalized spacial score (nSPS) is 62.3. The molecule has 4 fully saturated rings. The fourth-order valence-electron chi connectivity index (χ4n) is 7.77. The Kier molecular flexibility index (Phi) is 3.53. The summed E-state index contributed by atoms with van der Waals surface area (Å²) in [6.07, 6.45) is 8.84. The molecule has 0 heterocycles. The van der Waals surface area contributed by atoms with Gasteiger partial charge >= 0.3 is 0 Å². The highest BCUT2D eigenvalue weighted by molar-refractivity contribution is 5.14. The fourth-order valence-corrected chi connectivity index (χ4v) is 7.77. The summed E-state index contributed by atoms with van der Waals surface area (Å²) in [4.78, 5) is 0. The minimum absolute atomic E-state index is 0.185. The van der Waals surface area contributed by atoms with Crippen molar-refractivity contribution < 1.29 is 9.50 Å². The van der Waals surface area contributed by atoms with Crippen LogP contribution in [0.5, 0.6) is 0 Å². The van der Waals surface area contributed by atoms with Crippen LogP contribution >= 0.6 is 0 Å². The molecule has 4 rings (SSSR count). The van der Waals surface area contributed by atoms with Crippen LogP contribution in [0.3, 0.4) is 0 Å². The zero-order valence-electron chi connectivity index (χ0n) is 15.4. The van der Waals surface area contributed by atoms with Gasteiger partial charge < -0.3 is 5.11 Å². The van der Waals surface area contributed by atoms with E-state index in [1.54, 1.807) is 6.92 Å². The number of aliphatic hydroxyl groups excluding tert-OH is 1. The first-order chi connectivity index (χ1) is 10.7. The van der Waals surface area contributed by atoms with E-state index in [9.17, 15) is 9.50 Å². The Hall–Kier alpha value is -0.110. The molecule has 0 radical (unpaired) electrons. The fraction of sp³-hybridized carbons (Fsp3) is 1.00. The van der Waals surface area contributed by atoms with E-state index in [2.05, 4.69) is 20.8 Å². The van der Waals surface area contributed by atoms with Gasteiger partial charge in [0.2, 0.25) is 0 Å². The summed E-state index contributed by atoms with van der Waals surface area (Å²) < 4.78 is 14.9. The number of fused-ring (bicyclic) bond motifs is 5. The van der Waals surface area contributed by atoms with Crippen LogP contribution in [0.15, 0.2) is 0 Å². The maximum atomic E-state index is 14.9. The van der Waals surface area contributed by atoms with E-state index in [0.717, 1.165) is 24.2 Å². The van der Waals surface area contributed by atoms with Gasteiger partial charge in [-0.15, -0.1) is 0 Å². The molecule has 4 saturated carbocycles. The van der Waals surface area contributed by atoms with E-state index in [4.69, 9.17) is 0 Å². The van der Waals surface area contributed by atoms with Crippen molar-refractivity contribution in [1.29, 1.82) is 0 Å². The molecule has 2 heteroatoms. The summed E-state index contributed by atoms with van der Waals surface area (Å²) >= 11 is 0. The quantitative estimate of drug-likeness (QED) is 0.636. The van der Waals surface area contributed by atoms with Crippen LogP contribution in [0, 0.1) is 40.4 Å². The Morgan fingerprint density at radius 1 is 0.913 bits per heavy atom. The topological polar surface area (TPSA) is 20.2 Å². The van der Waals surface area contributed by atoms with Crippen LogP contribution in [0.4, 0.5) is 4.39 Å². The third kappa shape index (κ3) is 2.12. The Balaban J connectivity index is 1.65. The minimum atomic E-state index is -1.38. The monoisotopic (exact) mass is 322 g/mol. The summed E-state index contributed by atoms with van der Waals surface area (Å²) in [5, 5.41) is 10.7. The van der Waals surface area contributed by atoms with E-state index in [1.807, 2.05) is 0 Å². The highest BCUT2D eigenvalue weighted by Crippen LogP contribution is 2.68. The second kappa shape index (κ2) is 4.96. The number of aliphatic hydroxyl groups is 1. The van der Waals surface area contributed by atoms with Gasteiger partial charge in [-0.25, -0.2) is 4.39 Å². The average Bonchev–Trinajstić information content (AvgIpc) is 2.68. The van der Waals surface area contributed by atoms with Crippen LogP contribution in [0.2, 0.25) is 0 Å². The van der Waals surface area contributed by atoms with E-state index in [0.29, 0.717) is 23.7 Å². The Morgan fingerprint density at radius 3 is 2.35 bits per heavy atom. The van der Waals surface area contributed by atoms with Crippen LogP contribution in [0.1, 0.15) is 79.1 Å². The molecule has 23 heavy (non-hydrogen) atoms. The summed E-state index contributed by atoms with van der Waals surface area (Å²) in [5.74, 6) is 3.59. The summed E-state index contributed by atoms with van der Waals surface area (Å²) in [6.45, 7) is 8.81. The lowest BCUT2D eigenvalue weighted by Crippen LogP contribution is -2.54. The molecule has 4 unspecified atom stereocenters. The van der Waals surface area contributed by atoms with Crippen molar-refractivity contribution in [2.24, 2.45) is 40.4 Å². The highest BCUT2D eigenvalue weighted by atomic mass is 19.1. The smallest absolute Gasteiger partial charge is 0.134 e. The van der Waals surface area contributed by atoms with E-state index < -0.39 is 11.8 Å². The molecule has 4 aliphatic rings. The first-order valence-electron chi connectivity index (χ1n) is 10.1. The maximum Gasteiger partial charge on any atom is 0.134 e. The maximum absolute atomic E-state index is 14.9. The molecule has 1 N–H and O–H groups in total. The average molecular weight is 323 g/mol. The molecule has 0 aromatic carbocycles. The SMILES string of the molecule is CC1CC[C@@]2(C)C(CC[C@@H]3[C@H]2CC[C@]2(C)C(O)C(C)(F)C[C@@H]32)C1.